The van der Waals surface area contributed by atoms with Gasteiger partial charge in [-0.15, -0.1) is 0 Å². The topological polar surface area (TPSA) is 101 Å². The highest BCUT2D eigenvalue weighted by molar-refractivity contribution is 6.22. The van der Waals surface area contributed by atoms with Crippen molar-refractivity contribution in [1.82, 2.24) is 0 Å². The van der Waals surface area contributed by atoms with Gasteiger partial charge in [0, 0.05) is 12.1 Å². The van der Waals surface area contributed by atoms with E-state index in [0.29, 0.717) is 12.8 Å². The number of amides is 2. The van der Waals surface area contributed by atoms with Crippen LogP contribution in [0.4, 0.5) is 11.4 Å². The molecule has 1 saturated carbocycles. The quantitative estimate of drug-likeness (QED) is 0.510. The molecule has 0 radical (unpaired) electrons. The molecule has 2 fully saturated rings. The van der Waals surface area contributed by atoms with Crippen molar-refractivity contribution < 1.29 is 19.6 Å². The number of hydrogen-bond donors (Lipinski definition) is 1. The van der Waals surface area contributed by atoms with Crippen molar-refractivity contribution >= 4 is 23.2 Å². The smallest absolute Gasteiger partial charge is 0.271 e. The number of benzene rings is 1. The van der Waals surface area contributed by atoms with Gasteiger partial charge in [-0.25, -0.2) is 4.90 Å². The summed E-state index contributed by atoms with van der Waals surface area (Å²) in [5.41, 5.74) is -0.355. The fraction of sp³-hybridized carbons (Fsp3) is 0.429. The lowest BCUT2D eigenvalue weighted by molar-refractivity contribution is -0.384. The summed E-state index contributed by atoms with van der Waals surface area (Å²) in [5, 5.41) is 20.7. The van der Waals surface area contributed by atoms with Crippen LogP contribution in [0.5, 0.6) is 5.75 Å². The van der Waals surface area contributed by atoms with Crippen LogP contribution in [0.25, 0.3) is 0 Å². The van der Waals surface area contributed by atoms with Gasteiger partial charge in [-0.2, -0.15) is 0 Å². The van der Waals surface area contributed by atoms with Crippen molar-refractivity contribution in [3.05, 3.63) is 28.3 Å². The van der Waals surface area contributed by atoms with E-state index < -0.39 is 4.92 Å². The molecule has 0 spiro atoms. The molecule has 0 unspecified atom stereocenters. The Morgan fingerprint density at radius 3 is 2.24 bits per heavy atom. The maximum Gasteiger partial charge on any atom is 0.271 e. The third-order valence-corrected chi connectivity index (χ3v) is 4.25. The lowest BCUT2D eigenvalue weighted by Crippen LogP contribution is -2.30. The minimum atomic E-state index is -0.624. The van der Waals surface area contributed by atoms with E-state index in [1.165, 1.54) is 0 Å². The lowest BCUT2D eigenvalue weighted by Gasteiger charge is -2.19. The number of aromatic hydroxyl groups is 1. The molecule has 1 saturated heterocycles. The fourth-order valence-corrected chi connectivity index (χ4v) is 3.20. The third kappa shape index (κ3) is 2.05. The van der Waals surface area contributed by atoms with Gasteiger partial charge in [0.1, 0.15) is 11.4 Å². The zero-order chi connectivity index (χ0) is 15.1. The van der Waals surface area contributed by atoms with Crippen LogP contribution in [-0.4, -0.2) is 21.8 Å². The number of carbonyl (C=O) groups excluding carboxylic acids is 2. The number of phenolic OH excluding ortho intramolecular Hbond substituents is 1. The second kappa shape index (κ2) is 4.83. The third-order valence-electron chi connectivity index (χ3n) is 4.25. The number of rotatable bonds is 2. The number of hydrogen-bond acceptors (Lipinski definition) is 5. The first kappa shape index (κ1) is 13.5. The van der Waals surface area contributed by atoms with E-state index >= 15 is 0 Å². The average Bonchev–Trinajstić information content (AvgIpc) is 2.72. The van der Waals surface area contributed by atoms with Crippen LogP contribution >= 0.6 is 0 Å². The summed E-state index contributed by atoms with van der Waals surface area (Å²) in [7, 11) is 0. The Hall–Kier alpha value is -2.44. The van der Waals surface area contributed by atoms with Gasteiger partial charge < -0.3 is 5.11 Å². The number of imide groups is 1. The molecule has 110 valence electrons. The Morgan fingerprint density at radius 2 is 1.71 bits per heavy atom. The van der Waals surface area contributed by atoms with Crippen molar-refractivity contribution in [3.63, 3.8) is 0 Å². The molecule has 1 aromatic carbocycles. The number of nitro benzene ring substituents is 1. The largest absolute Gasteiger partial charge is 0.506 e. The number of nitrogens with zero attached hydrogens (tertiary/aromatic N) is 2. The average molecular weight is 290 g/mol. The second-order valence-electron chi connectivity index (χ2n) is 5.44. The first-order chi connectivity index (χ1) is 10.0. The Morgan fingerprint density at radius 1 is 1.14 bits per heavy atom. The summed E-state index contributed by atoms with van der Waals surface area (Å²) < 4.78 is 0. The Balaban J connectivity index is 2.04. The van der Waals surface area contributed by atoms with Gasteiger partial charge in [0.2, 0.25) is 11.8 Å². The van der Waals surface area contributed by atoms with E-state index in [2.05, 4.69) is 0 Å². The van der Waals surface area contributed by atoms with Gasteiger partial charge in [-0.1, -0.05) is 12.8 Å². The highest BCUT2D eigenvalue weighted by Gasteiger charge is 2.49. The normalized spacial score (nSPS) is 25.0. The first-order valence-electron chi connectivity index (χ1n) is 6.86. The molecule has 1 aliphatic carbocycles. The second-order valence-corrected chi connectivity index (χ2v) is 5.44. The van der Waals surface area contributed by atoms with Gasteiger partial charge in [-0.3, -0.25) is 19.7 Å². The molecule has 1 aromatic rings. The molecule has 2 aliphatic rings. The number of nitro groups is 1. The van der Waals surface area contributed by atoms with Gasteiger partial charge >= 0.3 is 0 Å². The van der Waals surface area contributed by atoms with Gasteiger partial charge in [0.25, 0.3) is 5.69 Å². The van der Waals surface area contributed by atoms with Gasteiger partial charge in [0.05, 0.1) is 16.8 Å². The number of anilines is 1. The predicted molar refractivity (Wildman–Crippen MR) is 72.7 cm³/mol. The molecule has 2 atom stereocenters. The van der Waals surface area contributed by atoms with E-state index in [0.717, 1.165) is 35.9 Å². The van der Waals surface area contributed by atoms with E-state index in [4.69, 9.17) is 0 Å². The van der Waals surface area contributed by atoms with Crippen LogP contribution in [0.15, 0.2) is 18.2 Å². The fourth-order valence-electron chi connectivity index (χ4n) is 3.20. The highest BCUT2D eigenvalue weighted by Crippen LogP contribution is 2.43. The molecule has 21 heavy (non-hydrogen) atoms. The zero-order valence-electron chi connectivity index (χ0n) is 11.2. The Kier molecular flexibility index (Phi) is 3.12. The van der Waals surface area contributed by atoms with E-state index in [-0.39, 0.29) is 40.8 Å². The minimum absolute atomic E-state index is 0.0893. The summed E-state index contributed by atoms with van der Waals surface area (Å²) in [6, 6.07) is 3.34. The van der Waals surface area contributed by atoms with Crippen LogP contribution < -0.4 is 4.90 Å². The Bertz CT molecular complexity index is 618. The molecule has 0 aromatic heterocycles. The molecule has 7 heteroatoms. The van der Waals surface area contributed by atoms with Crippen molar-refractivity contribution in [1.29, 1.82) is 0 Å². The van der Waals surface area contributed by atoms with Crippen LogP contribution in [0, 0.1) is 22.0 Å². The maximum atomic E-state index is 12.4. The summed E-state index contributed by atoms with van der Waals surface area (Å²) in [5.74, 6) is -1.74. The summed E-state index contributed by atoms with van der Waals surface area (Å²) in [4.78, 5) is 35.9. The molecular formula is C14H14N2O5. The van der Waals surface area contributed by atoms with Crippen LogP contribution in [0.3, 0.4) is 0 Å². The number of non-ortho nitro benzene ring substituents is 1. The predicted octanol–water partition coefficient (Wildman–Crippen LogP) is 1.98. The summed E-state index contributed by atoms with van der Waals surface area (Å²) >= 11 is 0. The molecule has 7 nitrogen and oxygen atoms in total. The first-order valence-corrected chi connectivity index (χ1v) is 6.86. The van der Waals surface area contributed by atoms with Crippen molar-refractivity contribution in [3.8, 4) is 5.75 Å². The van der Waals surface area contributed by atoms with Crippen LogP contribution in [0.2, 0.25) is 0 Å². The molecule has 2 amide bonds. The van der Waals surface area contributed by atoms with E-state index in [9.17, 15) is 24.8 Å². The maximum absolute atomic E-state index is 12.4. The minimum Gasteiger partial charge on any atom is -0.506 e. The van der Waals surface area contributed by atoms with Crippen molar-refractivity contribution in [2.24, 2.45) is 11.8 Å². The monoisotopic (exact) mass is 290 g/mol. The van der Waals surface area contributed by atoms with E-state index in [1.807, 2.05) is 0 Å². The molecule has 1 N–H and O–H groups in total. The molecule has 1 aliphatic heterocycles. The molecule has 1 heterocycles. The highest BCUT2D eigenvalue weighted by atomic mass is 16.6. The van der Waals surface area contributed by atoms with Gasteiger partial charge in [0.15, 0.2) is 0 Å². The van der Waals surface area contributed by atoms with Crippen LogP contribution in [-0.2, 0) is 9.59 Å². The zero-order valence-corrected chi connectivity index (χ0v) is 11.2. The molecular weight excluding hydrogens is 276 g/mol. The molecule has 3 rings (SSSR count). The molecule has 0 bridgehead atoms. The number of phenols is 1. The van der Waals surface area contributed by atoms with Crippen molar-refractivity contribution in [2.75, 3.05) is 4.90 Å². The SMILES string of the molecule is O=C1[C@H]2CCCC[C@@H]2C(=O)N1c1cc([N+](=O)[O-])ccc1O. The number of fused-ring (bicyclic) bond motifs is 1. The standard InChI is InChI=1S/C14H14N2O5/c17-12-6-5-8(16(20)21)7-11(12)15-13(18)9-3-1-2-4-10(9)14(15)19/h5-7,9-10,17H,1-4H2/t9-,10-/m0/s1. The van der Waals surface area contributed by atoms with Crippen LogP contribution in [0.1, 0.15) is 25.7 Å². The van der Waals surface area contributed by atoms with Crippen molar-refractivity contribution in [2.45, 2.75) is 25.7 Å². The van der Waals surface area contributed by atoms with E-state index in [1.54, 1.807) is 0 Å². The lowest BCUT2D eigenvalue weighted by atomic mass is 9.81. The number of carbonyl (C=O) groups is 2. The summed E-state index contributed by atoms with van der Waals surface area (Å²) in [6.07, 6.45) is 3.10. The summed E-state index contributed by atoms with van der Waals surface area (Å²) in [6.45, 7) is 0. The van der Waals surface area contributed by atoms with Gasteiger partial charge in [-0.05, 0) is 18.9 Å². The Labute approximate surface area is 120 Å².